The molecule has 0 N–H and O–H groups in total. The Morgan fingerprint density at radius 1 is 1.29 bits per heavy atom. The van der Waals surface area contributed by atoms with Crippen molar-refractivity contribution >= 4 is 0 Å². The van der Waals surface area contributed by atoms with Crippen LogP contribution in [0, 0.1) is 37.0 Å². The predicted molar refractivity (Wildman–Crippen MR) is 27.5 cm³/mol. The summed E-state index contributed by atoms with van der Waals surface area (Å²) in [6.45, 7) is 2.28. The number of allylic oxidation sites excluding steroid dienone is 2. The fraction of sp³-hybridized carbons (Fsp3) is 0.667. The Labute approximate surface area is 68.7 Å². The SMILES string of the molecule is CC1CC=CC1.[U]. The molecule has 0 nitrogen and oxygen atoms in total. The van der Waals surface area contributed by atoms with Gasteiger partial charge in [0.1, 0.15) is 0 Å². The predicted octanol–water partition coefficient (Wildman–Crippen LogP) is 1.97. The minimum absolute atomic E-state index is 0. The van der Waals surface area contributed by atoms with Crippen molar-refractivity contribution in [1.29, 1.82) is 0 Å². The summed E-state index contributed by atoms with van der Waals surface area (Å²) in [6.07, 6.45) is 7.12. The quantitative estimate of drug-likeness (QED) is 0.599. The molecule has 0 bridgehead atoms. The molecule has 0 unspecified atom stereocenters. The van der Waals surface area contributed by atoms with Crippen LogP contribution in [0.15, 0.2) is 12.2 Å². The molecule has 0 aromatic rings. The van der Waals surface area contributed by atoms with Crippen molar-refractivity contribution in [2.75, 3.05) is 0 Å². The Kier molecular flexibility index (Phi) is 4.18. The van der Waals surface area contributed by atoms with E-state index >= 15 is 0 Å². The Bertz CT molecular complexity index is 58.6. The first-order chi connectivity index (χ1) is 2.89. The van der Waals surface area contributed by atoms with E-state index in [0.717, 1.165) is 5.92 Å². The van der Waals surface area contributed by atoms with E-state index in [9.17, 15) is 0 Å². The van der Waals surface area contributed by atoms with Crippen molar-refractivity contribution in [3.05, 3.63) is 12.2 Å². The molecule has 0 heterocycles. The molecule has 1 heteroatoms. The summed E-state index contributed by atoms with van der Waals surface area (Å²) in [7, 11) is 0. The average Bonchev–Trinajstić information content (AvgIpc) is 1.86. The second-order valence-electron chi connectivity index (χ2n) is 2.05. The zero-order valence-electron chi connectivity index (χ0n) is 4.65. The van der Waals surface area contributed by atoms with Crippen LogP contribution in [0.2, 0.25) is 0 Å². The standard InChI is InChI=1S/C6H10.U/c1-6-4-2-3-5-6;/h2-3,6H,4-5H2,1H3;. The maximum absolute atomic E-state index is 2.28. The van der Waals surface area contributed by atoms with Gasteiger partial charge < -0.3 is 0 Å². The van der Waals surface area contributed by atoms with Gasteiger partial charge >= 0.3 is 0 Å². The van der Waals surface area contributed by atoms with Gasteiger partial charge in [0.2, 0.25) is 0 Å². The van der Waals surface area contributed by atoms with E-state index < -0.39 is 0 Å². The molecule has 1 rings (SSSR count). The van der Waals surface area contributed by atoms with Gasteiger partial charge in [0.25, 0.3) is 0 Å². The third-order valence-corrected chi connectivity index (χ3v) is 1.24. The first-order valence-corrected chi connectivity index (χ1v) is 2.54. The molecule has 0 amide bonds. The molecule has 0 fully saturated rings. The second-order valence-corrected chi connectivity index (χ2v) is 2.05. The van der Waals surface area contributed by atoms with Crippen LogP contribution in [0.3, 0.4) is 0 Å². The third kappa shape index (κ3) is 2.57. The van der Waals surface area contributed by atoms with E-state index in [2.05, 4.69) is 19.1 Å². The van der Waals surface area contributed by atoms with E-state index in [1.807, 2.05) is 0 Å². The topological polar surface area (TPSA) is 0 Å². The normalized spacial score (nSPS) is 19.6. The van der Waals surface area contributed by atoms with Crippen molar-refractivity contribution < 1.29 is 31.1 Å². The summed E-state index contributed by atoms with van der Waals surface area (Å²) in [6, 6.07) is 0. The molecule has 0 aliphatic heterocycles. The van der Waals surface area contributed by atoms with Gasteiger partial charge in [-0.05, 0) is 18.8 Å². The van der Waals surface area contributed by atoms with Crippen molar-refractivity contribution in [3.63, 3.8) is 0 Å². The van der Waals surface area contributed by atoms with Gasteiger partial charge in [-0.2, -0.15) is 0 Å². The maximum Gasteiger partial charge on any atom is 0 e. The first kappa shape index (κ1) is 7.79. The average molecular weight is 320 g/mol. The molecule has 0 spiro atoms. The summed E-state index contributed by atoms with van der Waals surface area (Å²) in [4.78, 5) is 0. The zero-order valence-corrected chi connectivity index (χ0v) is 8.81. The zero-order chi connectivity index (χ0) is 4.41. The van der Waals surface area contributed by atoms with Crippen molar-refractivity contribution in [3.8, 4) is 0 Å². The largest absolute Gasteiger partial charge is 0.0883 e. The Morgan fingerprint density at radius 2 is 1.71 bits per heavy atom. The minimum atomic E-state index is 0. The molecule has 7 heavy (non-hydrogen) atoms. The molecule has 0 aromatic carbocycles. The van der Waals surface area contributed by atoms with E-state index in [4.69, 9.17) is 0 Å². The van der Waals surface area contributed by atoms with Crippen molar-refractivity contribution in [2.24, 2.45) is 5.92 Å². The summed E-state index contributed by atoms with van der Waals surface area (Å²) >= 11 is 0. The third-order valence-electron chi connectivity index (χ3n) is 1.24. The van der Waals surface area contributed by atoms with E-state index in [1.54, 1.807) is 0 Å². The van der Waals surface area contributed by atoms with Crippen LogP contribution in [0.4, 0.5) is 0 Å². The molecule has 1 aliphatic rings. The van der Waals surface area contributed by atoms with Crippen LogP contribution in [-0.2, 0) is 0 Å². The van der Waals surface area contributed by atoms with Crippen LogP contribution < -0.4 is 0 Å². The molecular formula is C6H10U. The minimum Gasteiger partial charge on any atom is -0.0883 e. The van der Waals surface area contributed by atoms with Gasteiger partial charge in [-0.1, -0.05) is 19.1 Å². The Hall–Kier alpha value is 0.792. The van der Waals surface area contributed by atoms with Crippen LogP contribution in [0.1, 0.15) is 19.8 Å². The van der Waals surface area contributed by atoms with Gasteiger partial charge in [0.05, 0.1) is 0 Å². The number of hydrogen-bond acceptors (Lipinski definition) is 0. The van der Waals surface area contributed by atoms with Gasteiger partial charge in [0, 0.05) is 31.1 Å². The van der Waals surface area contributed by atoms with Crippen molar-refractivity contribution in [1.82, 2.24) is 0 Å². The van der Waals surface area contributed by atoms with Crippen LogP contribution in [0.5, 0.6) is 0 Å². The molecule has 0 atom stereocenters. The first-order valence-electron chi connectivity index (χ1n) is 2.54. The van der Waals surface area contributed by atoms with E-state index in [1.165, 1.54) is 12.8 Å². The van der Waals surface area contributed by atoms with Crippen molar-refractivity contribution in [2.45, 2.75) is 19.8 Å². The maximum atomic E-state index is 2.28. The van der Waals surface area contributed by atoms with Crippen LogP contribution >= 0.6 is 0 Å². The van der Waals surface area contributed by atoms with Gasteiger partial charge in [0.15, 0.2) is 0 Å². The molecular weight excluding hydrogens is 310 g/mol. The van der Waals surface area contributed by atoms with Gasteiger partial charge in [-0.3, -0.25) is 0 Å². The molecule has 0 radical (unpaired) electrons. The molecule has 0 saturated carbocycles. The fourth-order valence-electron chi connectivity index (χ4n) is 0.753. The summed E-state index contributed by atoms with van der Waals surface area (Å²) in [5.41, 5.74) is 0. The van der Waals surface area contributed by atoms with E-state index in [-0.39, 0.29) is 31.1 Å². The smallest absolute Gasteiger partial charge is 0 e. The second kappa shape index (κ2) is 3.75. The summed E-state index contributed by atoms with van der Waals surface area (Å²) < 4.78 is 0. The molecule has 0 aromatic heterocycles. The Morgan fingerprint density at radius 3 is 1.86 bits per heavy atom. The number of hydrogen-bond donors (Lipinski definition) is 0. The molecule has 0 saturated heterocycles. The van der Waals surface area contributed by atoms with Gasteiger partial charge in [-0.15, -0.1) is 0 Å². The van der Waals surface area contributed by atoms with Crippen LogP contribution in [0.25, 0.3) is 0 Å². The van der Waals surface area contributed by atoms with Crippen LogP contribution in [-0.4, -0.2) is 0 Å². The monoisotopic (exact) mass is 320 g/mol. The molecule has 1 aliphatic carbocycles. The Balaban J connectivity index is 0.000000360. The van der Waals surface area contributed by atoms with Gasteiger partial charge in [-0.25, -0.2) is 0 Å². The fourth-order valence-corrected chi connectivity index (χ4v) is 0.753. The summed E-state index contributed by atoms with van der Waals surface area (Å²) in [5, 5.41) is 0. The summed E-state index contributed by atoms with van der Waals surface area (Å²) in [5.74, 6) is 0.935. The number of rotatable bonds is 0. The van der Waals surface area contributed by atoms with E-state index in [0.29, 0.717) is 0 Å². The molecule has 38 valence electrons.